The third-order valence-corrected chi connectivity index (χ3v) is 5.52. The Labute approximate surface area is 162 Å². The van der Waals surface area contributed by atoms with E-state index in [-0.39, 0.29) is 11.8 Å². The van der Waals surface area contributed by atoms with Gasteiger partial charge in [0, 0.05) is 44.8 Å². The summed E-state index contributed by atoms with van der Waals surface area (Å²) in [7, 11) is 0. The van der Waals surface area contributed by atoms with E-state index in [0.29, 0.717) is 43.6 Å². The van der Waals surface area contributed by atoms with Crippen molar-refractivity contribution in [1.29, 1.82) is 0 Å². The van der Waals surface area contributed by atoms with Crippen molar-refractivity contribution in [2.24, 2.45) is 5.92 Å². The van der Waals surface area contributed by atoms with Crippen molar-refractivity contribution in [3.05, 3.63) is 23.9 Å². The summed E-state index contributed by atoms with van der Waals surface area (Å²) >= 11 is 0. The van der Waals surface area contributed by atoms with Gasteiger partial charge in [-0.05, 0) is 51.2 Å². The maximum absolute atomic E-state index is 12.8. The van der Waals surface area contributed by atoms with Crippen LogP contribution in [0.25, 0.3) is 0 Å². The molecule has 0 spiro atoms. The molecule has 0 radical (unpaired) electrons. The molecule has 1 saturated carbocycles. The number of anilines is 1. The number of rotatable bonds is 5. The average Bonchev–Trinajstić information content (AvgIpc) is 3.02. The summed E-state index contributed by atoms with van der Waals surface area (Å²) in [6.07, 6.45) is 8.07. The molecule has 1 N–H and O–H groups in total. The fourth-order valence-electron chi connectivity index (χ4n) is 4.04. The van der Waals surface area contributed by atoms with Gasteiger partial charge in [-0.3, -0.25) is 9.59 Å². The Morgan fingerprint density at radius 1 is 1.07 bits per heavy atom. The van der Waals surface area contributed by atoms with Crippen molar-refractivity contribution in [2.45, 2.75) is 58.4 Å². The molecule has 2 heterocycles. The van der Waals surface area contributed by atoms with Gasteiger partial charge in [-0.15, -0.1) is 0 Å². The Bertz CT molecular complexity index is 638. The first-order valence-electron chi connectivity index (χ1n) is 10.3. The molecule has 2 aliphatic rings. The molecule has 2 amide bonds. The van der Waals surface area contributed by atoms with E-state index < -0.39 is 0 Å². The van der Waals surface area contributed by atoms with Crippen molar-refractivity contribution in [1.82, 2.24) is 14.8 Å². The monoisotopic (exact) mass is 372 g/mol. The van der Waals surface area contributed by atoms with E-state index in [1.54, 1.807) is 6.20 Å². The first-order chi connectivity index (χ1) is 13.0. The van der Waals surface area contributed by atoms with Gasteiger partial charge in [0.2, 0.25) is 5.91 Å². The quantitative estimate of drug-likeness (QED) is 0.862. The number of carbonyl (C=O) groups excluding carboxylic acids is 2. The minimum absolute atomic E-state index is 0.00342. The molecule has 1 aromatic rings. The maximum atomic E-state index is 12.8. The summed E-state index contributed by atoms with van der Waals surface area (Å²) in [4.78, 5) is 33.5. The summed E-state index contributed by atoms with van der Waals surface area (Å²) in [6, 6.07) is 3.98. The number of amides is 2. The zero-order valence-electron chi connectivity index (χ0n) is 16.6. The number of hydrogen-bond donors (Lipinski definition) is 1. The predicted molar refractivity (Wildman–Crippen MR) is 107 cm³/mol. The third kappa shape index (κ3) is 5.44. The Kier molecular flexibility index (Phi) is 6.69. The van der Waals surface area contributed by atoms with Crippen LogP contribution in [0.3, 0.4) is 0 Å². The largest absolute Gasteiger partial charge is 0.368 e. The SMILES string of the molecule is CC(C)Nc1ccc(C(=O)N2CCCN(C(=O)CC3CCCC3)CC2)cn1. The summed E-state index contributed by atoms with van der Waals surface area (Å²) in [6.45, 7) is 6.79. The van der Waals surface area contributed by atoms with E-state index in [9.17, 15) is 9.59 Å². The molecule has 0 bridgehead atoms. The molecule has 0 atom stereocenters. The molecule has 0 unspecified atom stereocenters. The highest BCUT2D eigenvalue weighted by Gasteiger charge is 2.25. The highest BCUT2D eigenvalue weighted by atomic mass is 16.2. The van der Waals surface area contributed by atoms with Crippen molar-refractivity contribution in [3.63, 3.8) is 0 Å². The van der Waals surface area contributed by atoms with Gasteiger partial charge in [-0.1, -0.05) is 12.8 Å². The second-order valence-electron chi connectivity index (χ2n) is 8.11. The lowest BCUT2D eigenvalue weighted by Crippen LogP contribution is -2.37. The lowest BCUT2D eigenvalue weighted by molar-refractivity contribution is -0.132. The number of nitrogens with zero attached hydrogens (tertiary/aromatic N) is 3. The van der Waals surface area contributed by atoms with Crippen molar-refractivity contribution in [3.8, 4) is 0 Å². The van der Waals surface area contributed by atoms with Crippen LogP contribution in [0, 0.1) is 5.92 Å². The number of aromatic nitrogens is 1. The van der Waals surface area contributed by atoms with Gasteiger partial charge in [0.15, 0.2) is 0 Å². The molecule has 0 aromatic carbocycles. The van der Waals surface area contributed by atoms with Crippen LogP contribution in [-0.2, 0) is 4.79 Å². The molecule has 1 saturated heterocycles. The minimum Gasteiger partial charge on any atom is -0.368 e. The molecule has 1 aliphatic heterocycles. The molecule has 27 heavy (non-hydrogen) atoms. The zero-order valence-corrected chi connectivity index (χ0v) is 16.6. The predicted octanol–water partition coefficient (Wildman–Crippen LogP) is 3.16. The number of hydrogen-bond acceptors (Lipinski definition) is 4. The summed E-state index contributed by atoms with van der Waals surface area (Å²) in [5.41, 5.74) is 0.607. The lowest BCUT2D eigenvalue weighted by atomic mass is 10.0. The van der Waals surface area contributed by atoms with Crippen molar-refractivity contribution >= 4 is 17.6 Å². The number of nitrogens with one attached hydrogen (secondary N) is 1. The molecule has 6 heteroatoms. The van der Waals surface area contributed by atoms with Crippen LogP contribution >= 0.6 is 0 Å². The van der Waals surface area contributed by atoms with Gasteiger partial charge in [0.1, 0.15) is 5.82 Å². The van der Waals surface area contributed by atoms with Gasteiger partial charge < -0.3 is 15.1 Å². The second-order valence-corrected chi connectivity index (χ2v) is 8.11. The zero-order chi connectivity index (χ0) is 19.2. The Balaban J connectivity index is 1.53. The van der Waals surface area contributed by atoms with Gasteiger partial charge in [-0.2, -0.15) is 0 Å². The molecule has 3 rings (SSSR count). The van der Waals surface area contributed by atoms with Crippen LogP contribution in [0.15, 0.2) is 18.3 Å². The molecular formula is C21H32N4O2. The van der Waals surface area contributed by atoms with Crippen LogP contribution in [-0.4, -0.2) is 58.8 Å². The first kappa shape index (κ1) is 19.6. The van der Waals surface area contributed by atoms with E-state index in [0.717, 1.165) is 18.8 Å². The molecular weight excluding hydrogens is 340 g/mol. The van der Waals surface area contributed by atoms with Gasteiger partial charge in [0.05, 0.1) is 5.56 Å². The minimum atomic E-state index is 0.00342. The number of pyridine rings is 1. The van der Waals surface area contributed by atoms with Crippen LogP contribution < -0.4 is 5.32 Å². The second kappa shape index (κ2) is 9.20. The van der Waals surface area contributed by atoms with Crippen LogP contribution in [0.2, 0.25) is 0 Å². The van der Waals surface area contributed by atoms with Crippen molar-refractivity contribution < 1.29 is 9.59 Å². The summed E-state index contributed by atoms with van der Waals surface area (Å²) in [5.74, 6) is 1.62. The van der Waals surface area contributed by atoms with Crippen LogP contribution in [0.1, 0.15) is 62.7 Å². The molecule has 148 valence electrons. The summed E-state index contributed by atoms with van der Waals surface area (Å²) < 4.78 is 0. The Morgan fingerprint density at radius 2 is 1.78 bits per heavy atom. The highest BCUT2D eigenvalue weighted by molar-refractivity contribution is 5.94. The topological polar surface area (TPSA) is 65.5 Å². The highest BCUT2D eigenvalue weighted by Crippen LogP contribution is 2.28. The van der Waals surface area contributed by atoms with Gasteiger partial charge in [0.25, 0.3) is 5.91 Å². The standard InChI is InChI=1S/C21H32N4O2/c1-16(2)23-19-9-8-18(15-22-19)21(27)25-11-5-10-24(12-13-25)20(26)14-17-6-3-4-7-17/h8-9,15-17H,3-7,10-14H2,1-2H3,(H,22,23). The molecule has 1 aliphatic carbocycles. The van der Waals surface area contributed by atoms with Gasteiger partial charge >= 0.3 is 0 Å². The smallest absolute Gasteiger partial charge is 0.255 e. The maximum Gasteiger partial charge on any atom is 0.255 e. The van der Waals surface area contributed by atoms with E-state index in [4.69, 9.17) is 0 Å². The van der Waals surface area contributed by atoms with Crippen LogP contribution in [0.5, 0.6) is 0 Å². The van der Waals surface area contributed by atoms with E-state index in [1.807, 2.05) is 21.9 Å². The number of carbonyl (C=O) groups is 2. The van der Waals surface area contributed by atoms with E-state index in [1.165, 1.54) is 25.7 Å². The Morgan fingerprint density at radius 3 is 2.44 bits per heavy atom. The van der Waals surface area contributed by atoms with E-state index >= 15 is 0 Å². The lowest BCUT2D eigenvalue weighted by Gasteiger charge is -2.23. The molecule has 1 aromatic heterocycles. The van der Waals surface area contributed by atoms with Gasteiger partial charge in [-0.25, -0.2) is 4.98 Å². The van der Waals surface area contributed by atoms with Crippen molar-refractivity contribution in [2.75, 3.05) is 31.5 Å². The summed E-state index contributed by atoms with van der Waals surface area (Å²) in [5, 5.41) is 3.23. The van der Waals surface area contributed by atoms with E-state index in [2.05, 4.69) is 24.1 Å². The third-order valence-electron chi connectivity index (χ3n) is 5.52. The first-order valence-corrected chi connectivity index (χ1v) is 10.3. The normalized spacial score (nSPS) is 18.6. The molecule has 2 fully saturated rings. The van der Waals surface area contributed by atoms with Crippen LogP contribution in [0.4, 0.5) is 5.82 Å². The molecule has 6 nitrogen and oxygen atoms in total. The fourth-order valence-corrected chi connectivity index (χ4v) is 4.04. The Hall–Kier alpha value is -2.11. The average molecular weight is 373 g/mol. The fraction of sp³-hybridized carbons (Fsp3) is 0.667.